The highest BCUT2D eigenvalue weighted by atomic mass is 32.2. The lowest BCUT2D eigenvalue weighted by molar-refractivity contribution is 0.0269. The number of fused-ring (bicyclic) bond motifs is 6. The van der Waals surface area contributed by atoms with Gasteiger partial charge in [0.05, 0.1) is 44.3 Å². The Morgan fingerprint density at radius 1 is 0.746 bits per heavy atom. The molecule has 2 saturated heterocycles. The first kappa shape index (κ1) is 43.4. The molecule has 14 nitrogen and oxygen atoms in total. The van der Waals surface area contributed by atoms with Gasteiger partial charge in [0.1, 0.15) is 22.9 Å². The lowest BCUT2D eigenvalue weighted by Crippen LogP contribution is -2.50. The van der Waals surface area contributed by atoms with Crippen molar-refractivity contribution in [2.45, 2.75) is 114 Å². The molecule has 10 heterocycles. The number of benzene rings is 2. The summed E-state index contributed by atoms with van der Waals surface area (Å²) in [7, 11) is -3.02. The summed E-state index contributed by atoms with van der Waals surface area (Å²) in [6, 6.07) is 9.48. The molecule has 0 radical (unpaired) electrons. The Morgan fingerprint density at radius 2 is 1.33 bits per heavy atom. The van der Waals surface area contributed by atoms with Crippen LogP contribution in [0.3, 0.4) is 0 Å². The van der Waals surface area contributed by atoms with Crippen molar-refractivity contribution in [1.29, 1.82) is 0 Å². The Morgan fingerprint density at radius 3 is 1.93 bits per heavy atom. The third-order valence-corrected chi connectivity index (χ3v) is 20.1. The van der Waals surface area contributed by atoms with Gasteiger partial charge in [-0.3, -0.25) is 9.80 Å². The molecule has 0 amide bonds. The van der Waals surface area contributed by atoms with Crippen molar-refractivity contribution >= 4 is 53.2 Å². The molecule has 2 aromatic carbocycles. The molecular weight excluding hydrogens is 885 g/mol. The standard InChI is InChI=1S/C51H60N8O6S2/c1-9-50-17-11-19-56-21-15-36-35-14-13-33(66(60,61)52-6)25-38(35)58(44(36)46(50)56)41(28-50)49-54-30(4)42(65-49)24-32-23-34(67(62,63)55(7)8)26-39-43(32)37-16-22-57-20-12-18-51(10-2)27-40(59(39)45(37)47(51)57)48-53-29(3)31(5)64-48/h13-14,23,25-28,46-47,52H,9-12,15-22,24H2,1-8H3/t46-,47-,50+,51+/m1/s1. The molecule has 67 heavy (non-hydrogen) atoms. The fraction of sp³-hybridized carbons (Fsp3) is 0.490. The van der Waals surface area contributed by atoms with Crippen molar-refractivity contribution in [2.24, 2.45) is 10.8 Å². The quantitative estimate of drug-likeness (QED) is 0.142. The number of oxazole rings is 2. The molecule has 4 atom stereocenters. The monoisotopic (exact) mass is 944 g/mol. The van der Waals surface area contributed by atoms with E-state index in [1.54, 1.807) is 26.2 Å². The number of hydrogen-bond donors (Lipinski definition) is 1. The fourth-order valence-corrected chi connectivity index (χ4v) is 15.1. The molecule has 4 aromatic heterocycles. The number of piperidine rings is 2. The minimum Gasteiger partial charge on any atom is -0.440 e. The lowest BCUT2D eigenvalue weighted by atomic mass is 9.66. The molecule has 6 aliphatic heterocycles. The number of aromatic nitrogens is 4. The van der Waals surface area contributed by atoms with Crippen LogP contribution in [0, 0.1) is 31.6 Å². The summed E-state index contributed by atoms with van der Waals surface area (Å²) >= 11 is 0. The maximum Gasteiger partial charge on any atom is 0.243 e. The number of nitrogens with zero attached hydrogens (tertiary/aromatic N) is 7. The van der Waals surface area contributed by atoms with Crippen LogP contribution in [0.5, 0.6) is 0 Å². The first-order chi connectivity index (χ1) is 32.0. The molecule has 0 unspecified atom stereocenters. The molecule has 0 spiro atoms. The Labute approximate surface area is 392 Å². The van der Waals surface area contributed by atoms with Crippen molar-refractivity contribution in [3.8, 4) is 0 Å². The Hall–Kier alpha value is -4.84. The van der Waals surface area contributed by atoms with Gasteiger partial charge in [-0.15, -0.1) is 0 Å². The smallest absolute Gasteiger partial charge is 0.243 e. The molecule has 0 saturated carbocycles. The number of hydrogen-bond acceptors (Lipinski definition) is 10. The Kier molecular flexibility index (Phi) is 9.62. The summed E-state index contributed by atoms with van der Waals surface area (Å²) in [5.74, 6) is 2.44. The van der Waals surface area contributed by atoms with Crippen molar-refractivity contribution < 1.29 is 25.7 Å². The van der Waals surface area contributed by atoms with Crippen molar-refractivity contribution in [1.82, 2.24) is 37.9 Å². The number of sulfonamides is 2. The van der Waals surface area contributed by atoms with Gasteiger partial charge in [0.2, 0.25) is 31.8 Å². The summed E-state index contributed by atoms with van der Waals surface area (Å²) in [6.45, 7) is 14.4. The van der Waals surface area contributed by atoms with Crippen LogP contribution in [-0.4, -0.2) is 97.4 Å². The fourth-order valence-electron chi connectivity index (χ4n) is 13.4. The largest absolute Gasteiger partial charge is 0.440 e. The first-order valence-corrected chi connectivity index (χ1v) is 27.1. The second-order valence-corrected chi connectivity index (χ2v) is 24.3. The summed E-state index contributed by atoms with van der Waals surface area (Å²) in [5.41, 5.74) is 10.4. The van der Waals surface area contributed by atoms with E-state index in [0.717, 1.165) is 133 Å². The van der Waals surface area contributed by atoms with Crippen molar-refractivity contribution in [3.63, 3.8) is 0 Å². The third kappa shape index (κ3) is 5.98. The molecule has 1 N–H and O–H groups in total. The van der Waals surface area contributed by atoms with Crippen LogP contribution < -0.4 is 4.72 Å². The number of nitrogens with one attached hydrogen (secondary N) is 1. The Bertz CT molecular complexity index is 3390. The zero-order valence-corrected chi connectivity index (χ0v) is 41.4. The van der Waals surface area contributed by atoms with Crippen LogP contribution in [0.2, 0.25) is 0 Å². The Balaban J connectivity index is 1.08. The van der Waals surface area contributed by atoms with Gasteiger partial charge in [0, 0.05) is 66.6 Å². The van der Waals surface area contributed by atoms with Crippen LogP contribution >= 0.6 is 0 Å². The maximum absolute atomic E-state index is 14.3. The molecule has 0 bridgehead atoms. The van der Waals surface area contributed by atoms with Crippen LogP contribution in [0.1, 0.15) is 127 Å². The molecule has 16 heteroatoms. The number of rotatable bonds is 10. The van der Waals surface area contributed by atoms with E-state index >= 15 is 0 Å². The third-order valence-electron chi connectivity index (χ3n) is 16.9. The van der Waals surface area contributed by atoms with E-state index < -0.39 is 20.0 Å². The molecule has 6 aromatic rings. The normalized spacial score (nSPS) is 24.9. The minimum absolute atomic E-state index is 0.123. The van der Waals surface area contributed by atoms with Gasteiger partial charge in [-0.25, -0.2) is 35.8 Å². The SMILES string of the molecule is CC[C@@]12C=C(c3nc(C)c(Cc4cc(S(=O)(=O)N(C)C)cc5c4c4c6n5C(c5nc(C)c(C)o5)=C[C@]5(CC)CCCN(CC4)[C@H]65)o3)n3c4c(c5ccc(S(=O)(=O)NC)cc53)CCN(CCC1)[C@H]42. The molecule has 2 fully saturated rings. The molecule has 12 rings (SSSR count). The summed E-state index contributed by atoms with van der Waals surface area (Å²) < 4.78 is 77.1. The second-order valence-electron chi connectivity index (χ2n) is 20.2. The van der Waals surface area contributed by atoms with Gasteiger partial charge in [0.25, 0.3) is 0 Å². The van der Waals surface area contributed by atoms with E-state index in [9.17, 15) is 16.8 Å². The highest BCUT2D eigenvalue weighted by Gasteiger charge is 2.53. The van der Waals surface area contributed by atoms with Gasteiger partial charge >= 0.3 is 0 Å². The van der Waals surface area contributed by atoms with Gasteiger partial charge in [-0.05, 0) is 145 Å². The van der Waals surface area contributed by atoms with E-state index in [-0.39, 0.29) is 32.7 Å². The predicted octanol–water partition coefficient (Wildman–Crippen LogP) is 8.23. The average molecular weight is 945 g/mol. The van der Waals surface area contributed by atoms with E-state index in [4.69, 9.17) is 18.8 Å². The van der Waals surface area contributed by atoms with Crippen LogP contribution in [-0.2, 0) is 39.3 Å². The molecular formula is C51H60N8O6S2. The average Bonchev–Trinajstić information content (AvgIpc) is 4.07. The zero-order valence-electron chi connectivity index (χ0n) is 39.8. The molecule has 0 aliphatic carbocycles. The molecule has 6 aliphatic rings. The van der Waals surface area contributed by atoms with Crippen LogP contribution in [0.4, 0.5) is 0 Å². The lowest BCUT2D eigenvalue weighted by Gasteiger charge is -2.53. The highest BCUT2D eigenvalue weighted by Crippen LogP contribution is 2.60. The summed E-state index contributed by atoms with van der Waals surface area (Å²) in [5, 5.41) is 2.10. The highest BCUT2D eigenvalue weighted by molar-refractivity contribution is 7.89. The van der Waals surface area contributed by atoms with E-state index in [1.807, 2.05) is 39.0 Å². The van der Waals surface area contributed by atoms with E-state index in [0.29, 0.717) is 24.0 Å². The molecule has 352 valence electrons. The van der Waals surface area contributed by atoms with Gasteiger partial charge in [-0.2, -0.15) is 0 Å². The summed E-state index contributed by atoms with van der Waals surface area (Å²) in [6.07, 6.45) is 12.9. The van der Waals surface area contributed by atoms with Gasteiger partial charge in [-0.1, -0.05) is 19.9 Å². The maximum atomic E-state index is 14.3. The van der Waals surface area contributed by atoms with E-state index in [2.05, 4.69) is 49.7 Å². The second kappa shape index (κ2) is 14.8. The topological polar surface area (TPSA) is 152 Å². The summed E-state index contributed by atoms with van der Waals surface area (Å²) in [4.78, 5) is 15.9. The zero-order chi connectivity index (χ0) is 46.7. The van der Waals surface area contributed by atoms with Gasteiger partial charge in [0.15, 0.2) is 0 Å². The first-order valence-electron chi connectivity index (χ1n) is 24.1. The van der Waals surface area contributed by atoms with Gasteiger partial charge < -0.3 is 18.0 Å². The predicted molar refractivity (Wildman–Crippen MR) is 258 cm³/mol. The minimum atomic E-state index is -3.89. The van der Waals surface area contributed by atoms with Crippen LogP contribution in [0.25, 0.3) is 33.2 Å². The number of aryl methyl sites for hydroxylation is 3. The van der Waals surface area contributed by atoms with Crippen molar-refractivity contribution in [3.05, 3.63) is 105 Å². The van der Waals surface area contributed by atoms with Crippen LogP contribution in [0.15, 0.2) is 61.1 Å². The van der Waals surface area contributed by atoms with E-state index in [1.165, 1.54) is 33.9 Å². The van der Waals surface area contributed by atoms with Crippen molar-refractivity contribution in [2.75, 3.05) is 47.3 Å².